The molecule has 1 fully saturated rings. The largest absolute Gasteiger partial charge is 0.312 e. The van der Waals surface area contributed by atoms with E-state index in [2.05, 4.69) is 0 Å². The van der Waals surface area contributed by atoms with E-state index >= 15 is 0 Å². The van der Waals surface area contributed by atoms with Crippen LogP contribution in [-0.2, 0) is 15.0 Å². The smallest absolute Gasteiger partial charge is 0.302 e. The van der Waals surface area contributed by atoms with Gasteiger partial charge in [-0.3, -0.25) is 4.79 Å². The molecule has 0 saturated carbocycles. The summed E-state index contributed by atoms with van der Waals surface area (Å²) in [4.78, 5) is 13.4. The maximum absolute atomic E-state index is 12.7. The van der Waals surface area contributed by atoms with Crippen LogP contribution in [-0.4, -0.2) is 26.6 Å². The van der Waals surface area contributed by atoms with Gasteiger partial charge in [-0.2, -0.15) is 8.42 Å². The summed E-state index contributed by atoms with van der Waals surface area (Å²) in [5.74, 6) is -1.21. The molecule has 0 bridgehead atoms. The van der Waals surface area contributed by atoms with Gasteiger partial charge in [0.15, 0.2) is 0 Å². The van der Waals surface area contributed by atoms with Crippen LogP contribution in [0.15, 0.2) is 18.2 Å². The standard InChI is InChI=1S/C13H16FNO3S/c1-9-3-10(2)5-12(4-9)15-7-11(6-13(15)16)8-19(14,17)18/h3-5,11H,6-8H2,1-2H3. The van der Waals surface area contributed by atoms with Crippen LogP contribution >= 0.6 is 0 Å². The fourth-order valence-electron chi connectivity index (χ4n) is 2.53. The van der Waals surface area contributed by atoms with Gasteiger partial charge in [-0.05, 0) is 37.1 Å². The summed E-state index contributed by atoms with van der Waals surface area (Å²) in [5.41, 5.74) is 2.81. The summed E-state index contributed by atoms with van der Waals surface area (Å²) >= 11 is 0. The number of carbonyl (C=O) groups is 1. The number of hydrogen-bond donors (Lipinski definition) is 0. The number of halogens is 1. The molecule has 6 heteroatoms. The highest BCUT2D eigenvalue weighted by Crippen LogP contribution is 2.27. The zero-order valence-corrected chi connectivity index (χ0v) is 11.7. The Balaban J connectivity index is 2.20. The second-order valence-electron chi connectivity index (χ2n) is 5.13. The van der Waals surface area contributed by atoms with E-state index in [4.69, 9.17) is 0 Å². The number of carbonyl (C=O) groups excluding carboxylic acids is 1. The van der Waals surface area contributed by atoms with Crippen LogP contribution in [0.3, 0.4) is 0 Å². The average molecular weight is 285 g/mol. The highest BCUT2D eigenvalue weighted by atomic mass is 32.3. The summed E-state index contributed by atoms with van der Waals surface area (Å²) in [7, 11) is -4.53. The lowest BCUT2D eigenvalue weighted by atomic mass is 10.1. The van der Waals surface area contributed by atoms with E-state index in [0.717, 1.165) is 16.8 Å². The molecule has 0 aromatic heterocycles. The Hall–Kier alpha value is -1.43. The molecule has 1 heterocycles. The van der Waals surface area contributed by atoms with Crippen LogP contribution in [0.5, 0.6) is 0 Å². The van der Waals surface area contributed by atoms with Crippen LogP contribution in [0.25, 0.3) is 0 Å². The van der Waals surface area contributed by atoms with Crippen molar-refractivity contribution < 1.29 is 17.1 Å². The number of nitrogens with zero attached hydrogens (tertiary/aromatic N) is 1. The van der Waals surface area contributed by atoms with Crippen molar-refractivity contribution in [3.63, 3.8) is 0 Å². The van der Waals surface area contributed by atoms with Gasteiger partial charge in [0.25, 0.3) is 0 Å². The number of amides is 1. The topological polar surface area (TPSA) is 54.5 Å². The summed E-state index contributed by atoms with van der Waals surface area (Å²) < 4.78 is 34.0. The lowest BCUT2D eigenvalue weighted by Gasteiger charge is -2.18. The zero-order valence-electron chi connectivity index (χ0n) is 10.9. The molecule has 1 saturated heterocycles. The fourth-order valence-corrected chi connectivity index (χ4v) is 3.32. The van der Waals surface area contributed by atoms with Gasteiger partial charge in [0.1, 0.15) is 0 Å². The molecule has 19 heavy (non-hydrogen) atoms. The molecule has 0 spiro atoms. The molecule has 1 aliphatic rings. The van der Waals surface area contributed by atoms with Gasteiger partial charge >= 0.3 is 10.2 Å². The van der Waals surface area contributed by atoms with E-state index in [0.29, 0.717) is 0 Å². The van der Waals surface area contributed by atoms with Crippen molar-refractivity contribution in [1.82, 2.24) is 0 Å². The predicted octanol–water partition coefficient (Wildman–Crippen LogP) is 1.96. The van der Waals surface area contributed by atoms with Crippen molar-refractivity contribution in [1.29, 1.82) is 0 Å². The van der Waals surface area contributed by atoms with Crippen LogP contribution in [0.1, 0.15) is 17.5 Å². The first kappa shape index (κ1) is 14.0. The molecule has 2 rings (SSSR count). The first-order chi connectivity index (χ1) is 8.74. The Bertz CT molecular complexity index is 592. The Kier molecular flexibility index (Phi) is 3.62. The Morgan fingerprint density at radius 3 is 2.37 bits per heavy atom. The van der Waals surface area contributed by atoms with Gasteiger partial charge in [0.05, 0.1) is 5.75 Å². The first-order valence-electron chi connectivity index (χ1n) is 6.05. The molecule has 1 atom stereocenters. The van der Waals surface area contributed by atoms with Gasteiger partial charge in [0, 0.05) is 24.6 Å². The number of rotatable bonds is 3. The highest BCUT2D eigenvalue weighted by Gasteiger charge is 2.33. The zero-order chi connectivity index (χ0) is 14.2. The minimum atomic E-state index is -4.53. The van der Waals surface area contributed by atoms with Gasteiger partial charge in [-0.25, -0.2) is 0 Å². The van der Waals surface area contributed by atoms with E-state index in [1.165, 1.54) is 4.90 Å². The van der Waals surface area contributed by atoms with Crippen molar-refractivity contribution >= 4 is 21.8 Å². The molecule has 1 aromatic rings. The average Bonchev–Trinajstić information content (AvgIpc) is 2.54. The van der Waals surface area contributed by atoms with Gasteiger partial charge < -0.3 is 4.90 Å². The van der Waals surface area contributed by atoms with Crippen LogP contribution in [0, 0.1) is 19.8 Å². The third-order valence-electron chi connectivity index (χ3n) is 3.16. The molecule has 1 aromatic carbocycles. The number of anilines is 1. The van der Waals surface area contributed by atoms with Crippen molar-refractivity contribution in [2.24, 2.45) is 5.92 Å². The normalized spacial score (nSPS) is 20.1. The maximum Gasteiger partial charge on any atom is 0.302 e. The molecule has 1 unspecified atom stereocenters. The molecule has 1 aliphatic heterocycles. The van der Waals surface area contributed by atoms with Gasteiger partial charge in [0.2, 0.25) is 5.91 Å². The van der Waals surface area contributed by atoms with Crippen LogP contribution in [0.4, 0.5) is 9.57 Å². The summed E-state index contributed by atoms with van der Waals surface area (Å²) in [6.45, 7) is 4.12. The van der Waals surface area contributed by atoms with Crippen molar-refractivity contribution in [3.8, 4) is 0 Å². The van der Waals surface area contributed by atoms with E-state index in [1.807, 2.05) is 32.0 Å². The van der Waals surface area contributed by atoms with E-state index in [-0.39, 0.29) is 18.9 Å². The number of benzene rings is 1. The summed E-state index contributed by atoms with van der Waals surface area (Å²) in [6, 6.07) is 5.74. The second kappa shape index (κ2) is 4.92. The van der Waals surface area contributed by atoms with E-state index in [1.54, 1.807) is 0 Å². The number of hydrogen-bond acceptors (Lipinski definition) is 3. The Morgan fingerprint density at radius 1 is 1.26 bits per heavy atom. The van der Waals surface area contributed by atoms with Crippen molar-refractivity contribution in [3.05, 3.63) is 29.3 Å². The third kappa shape index (κ3) is 3.53. The highest BCUT2D eigenvalue weighted by molar-refractivity contribution is 7.86. The van der Waals surface area contributed by atoms with Gasteiger partial charge in [-0.15, -0.1) is 3.89 Å². The van der Waals surface area contributed by atoms with Gasteiger partial charge in [-0.1, -0.05) is 6.07 Å². The lowest BCUT2D eigenvalue weighted by Crippen LogP contribution is -2.25. The minimum absolute atomic E-state index is 0.0795. The van der Waals surface area contributed by atoms with Crippen molar-refractivity contribution in [2.45, 2.75) is 20.3 Å². The van der Waals surface area contributed by atoms with Crippen LogP contribution < -0.4 is 4.90 Å². The predicted molar refractivity (Wildman–Crippen MR) is 71.3 cm³/mol. The Morgan fingerprint density at radius 2 is 1.84 bits per heavy atom. The van der Waals surface area contributed by atoms with E-state index < -0.39 is 21.9 Å². The van der Waals surface area contributed by atoms with Crippen LogP contribution in [0.2, 0.25) is 0 Å². The quantitative estimate of drug-likeness (QED) is 0.798. The van der Waals surface area contributed by atoms with Crippen molar-refractivity contribution in [2.75, 3.05) is 17.2 Å². The Labute approximate surface area is 112 Å². The fraction of sp³-hybridized carbons (Fsp3) is 0.462. The molecule has 104 valence electrons. The van der Waals surface area contributed by atoms with E-state index in [9.17, 15) is 17.1 Å². The lowest BCUT2D eigenvalue weighted by molar-refractivity contribution is -0.117. The molecular weight excluding hydrogens is 269 g/mol. The monoisotopic (exact) mass is 285 g/mol. The molecule has 1 amide bonds. The third-order valence-corrected chi connectivity index (χ3v) is 4.03. The minimum Gasteiger partial charge on any atom is -0.312 e. The second-order valence-corrected chi connectivity index (χ2v) is 6.54. The summed E-state index contributed by atoms with van der Waals surface area (Å²) in [6.07, 6.45) is 0.0795. The molecular formula is C13H16FNO3S. The molecule has 4 nitrogen and oxygen atoms in total. The maximum atomic E-state index is 12.7. The molecule has 0 aliphatic carbocycles. The number of aryl methyl sites for hydroxylation is 2. The molecule has 0 N–H and O–H groups in total. The SMILES string of the molecule is Cc1cc(C)cc(N2CC(CS(=O)(=O)F)CC2=O)c1. The molecule has 0 radical (unpaired) electrons. The summed E-state index contributed by atoms with van der Waals surface area (Å²) in [5, 5.41) is 0. The first-order valence-corrected chi connectivity index (χ1v) is 7.61.